The van der Waals surface area contributed by atoms with E-state index < -0.39 is 16.8 Å². The van der Waals surface area contributed by atoms with Crippen LogP contribution in [0.3, 0.4) is 0 Å². The minimum atomic E-state index is -0.751. The third-order valence-electron chi connectivity index (χ3n) is 5.37. The van der Waals surface area contributed by atoms with Crippen LogP contribution in [0, 0.1) is 10.1 Å². The molecule has 0 aliphatic carbocycles. The quantitative estimate of drug-likeness (QED) is 0.0848. The molecule has 4 aromatic rings. The molecule has 4 rings (SSSR count). The molecule has 0 saturated carbocycles. The second-order valence-corrected chi connectivity index (χ2v) is 8.99. The van der Waals surface area contributed by atoms with E-state index in [1.807, 2.05) is 0 Å². The van der Waals surface area contributed by atoms with Crippen molar-refractivity contribution in [3.63, 3.8) is 0 Å². The Hall–Kier alpha value is -5.06. The first-order chi connectivity index (χ1) is 19.2. The zero-order chi connectivity index (χ0) is 28.6. The molecule has 0 radical (unpaired) electrons. The summed E-state index contributed by atoms with van der Waals surface area (Å²) in [5.74, 6) is -1.51. The van der Waals surface area contributed by atoms with Crippen molar-refractivity contribution >= 4 is 58.6 Å². The monoisotopic (exact) mass is 576 g/mol. The van der Waals surface area contributed by atoms with Gasteiger partial charge in [0.1, 0.15) is 5.75 Å². The number of nitro benzene ring substituents is 1. The highest BCUT2D eigenvalue weighted by molar-refractivity contribution is 6.31. The number of anilines is 1. The molecule has 200 valence electrons. The highest BCUT2D eigenvalue weighted by Gasteiger charge is 2.14. The van der Waals surface area contributed by atoms with Gasteiger partial charge in [-0.2, -0.15) is 5.10 Å². The summed E-state index contributed by atoms with van der Waals surface area (Å²) in [6.45, 7) is 0. The molecule has 0 atom stereocenters. The lowest BCUT2D eigenvalue weighted by Gasteiger charge is -2.08. The molecule has 0 aliphatic rings. The van der Waals surface area contributed by atoms with Gasteiger partial charge >= 0.3 is 5.97 Å². The lowest BCUT2D eigenvalue weighted by Crippen LogP contribution is -2.18. The lowest BCUT2D eigenvalue weighted by molar-refractivity contribution is -0.384. The van der Waals surface area contributed by atoms with E-state index in [-0.39, 0.29) is 28.5 Å². The highest BCUT2D eigenvalue weighted by Crippen LogP contribution is 2.23. The molecule has 0 saturated heterocycles. The van der Waals surface area contributed by atoms with Gasteiger partial charge in [0, 0.05) is 44.6 Å². The van der Waals surface area contributed by atoms with Crippen molar-refractivity contribution in [3.05, 3.63) is 133 Å². The molecule has 0 aliphatic heterocycles. The Bertz CT molecular complexity index is 1610. The number of hydrogen-bond acceptors (Lipinski definition) is 7. The van der Waals surface area contributed by atoms with E-state index in [0.717, 1.165) is 0 Å². The number of rotatable bonds is 8. The molecule has 0 spiro atoms. The normalized spacial score (nSPS) is 10.7. The Kier molecular flexibility index (Phi) is 8.85. The van der Waals surface area contributed by atoms with Crippen LogP contribution >= 0.6 is 23.2 Å². The maximum absolute atomic E-state index is 12.5. The van der Waals surface area contributed by atoms with Crippen LogP contribution in [0.4, 0.5) is 11.4 Å². The van der Waals surface area contributed by atoms with Crippen LogP contribution in [-0.4, -0.2) is 28.9 Å². The summed E-state index contributed by atoms with van der Waals surface area (Å²) in [7, 11) is 0. The average Bonchev–Trinajstić information content (AvgIpc) is 2.95. The van der Waals surface area contributed by atoms with Gasteiger partial charge in [0.2, 0.25) is 0 Å². The van der Waals surface area contributed by atoms with E-state index in [9.17, 15) is 24.5 Å². The summed E-state index contributed by atoms with van der Waals surface area (Å²) in [6.07, 6.45) is 1.25. The molecule has 0 heterocycles. The molecule has 2 N–H and O–H groups in total. The second-order valence-electron chi connectivity index (χ2n) is 8.11. The highest BCUT2D eigenvalue weighted by atomic mass is 35.5. The minimum absolute atomic E-state index is 0.101. The van der Waals surface area contributed by atoms with Gasteiger partial charge in [0.25, 0.3) is 17.5 Å². The molecule has 4 aromatic carbocycles. The van der Waals surface area contributed by atoms with Gasteiger partial charge in [-0.15, -0.1) is 0 Å². The number of carbonyl (C=O) groups excluding carboxylic acids is 3. The van der Waals surface area contributed by atoms with Crippen LogP contribution in [-0.2, 0) is 0 Å². The number of amides is 2. The maximum Gasteiger partial charge on any atom is 0.343 e. The molecule has 40 heavy (non-hydrogen) atoms. The number of nitrogens with one attached hydrogen (secondary N) is 2. The molecule has 10 nitrogen and oxygen atoms in total. The molecule has 0 unspecified atom stereocenters. The van der Waals surface area contributed by atoms with Gasteiger partial charge in [-0.05, 0) is 78.9 Å². The number of nitrogens with zero attached hydrogens (tertiary/aromatic N) is 2. The summed E-state index contributed by atoms with van der Waals surface area (Å²) in [6, 6.07) is 21.9. The van der Waals surface area contributed by atoms with E-state index in [2.05, 4.69) is 15.8 Å². The number of non-ortho nitro benzene ring substituents is 1. The van der Waals surface area contributed by atoms with Crippen molar-refractivity contribution in [1.82, 2.24) is 5.43 Å². The predicted molar refractivity (Wildman–Crippen MR) is 150 cm³/mol. The lowest BCUT2D eigenvalue weighted by atomic mass is 10.1. The molecule has 12 heteroatoms. The standard InChI is InChI=1S/C28H18Cl2N4O6/c29-21-7-1-17(2-8-21)26(35)32-23-10-3-18(4-11-23)27(36)33-31-16-20-15-22(30)9-14-25(20)40-28(37)19-5-12-24(13-6-19)34(38)39/h1-16H,(H,32,35)(H,33,36)/b31-16+. The average molecular weight is 577 g/mol. The van der Waals surface area contributed by atoms with Crippen LogP contribution in [0.2, 0.25) is 10.0 Å². The molecular weight excluding hydrogens is 559 g/mol. The Labute approximate surface area is 237 Å². The van der Waals surface area contributed by atoms with Crippen molar-refractivity contribution in [2.75, 3.05) is 5.32 Å². The first-order valence-corrected chi connectivity index (χ1v) is 12.2. The zero-order valence-corrected chi connectivity index (χ0v) is 21.8. The number of nitro groups is 1. The summed E-state index contributed by atoms with van der Waals surface area (Å²) < 4.78 is 5.40. The van der Waals surface area contributed by atoms with Crippen LogP contribution < -0.4 is 15.5 Å². The van der Waals surface area contributed by atoms with Crippen molar-refractivity contribution in [2.24, 2.45) is 5.10 Å². The number of hydrogen-bond donors (Lipinski definition) is 2. The zero-order valence-electron chi connectivity index (χ0n) is 20.3. The molecule has 0 fully saturated rings. The van der Waals surface area contributed by atoms with Gasteiger partial charge in [-0.1, -0.05) is 23.2 Å². The Morgan fingerprint density at radius 2 is 1.35 bits per heavy atom. The summed E-state index contributed by atoms with van der Waals surface area (Å²) in [5, 5.41) is 18.3. The van der Waals surface area contributed by atoms with Gasteiger partial charge in [0.15, 0.2) is 0 Å². The van der Waals surface area contributed by atoms with E-state index in [0.29, 0.717) is 26.9 Å². The van der Waals surface area contributed by atoms with Gasteiger partial charge < -0.3 is 10.1 Å². The number of esters is 1. The molecule has 0 aromatic heterocycles. The van der Waals surface area contributed by atoms with Crippen molar-refractivity contribution in [3.8, 4) is 5.75 Å². The number of benzene rings is 4. The number of hydrazone groups is 1. The SMILES string of the molecule is O=C(N/N=C/c1cc(Cl)ccc1OC(=O)c1ccc([N+](=O)[O-])cc1)c1ccc(NC(=O)c2ccc(Cl)cc2)cc1. The molecule has 2 amide bonds. The Balaban J connectivity index is 1.38. The Morgan fingerprint density at radius 3 is 2.00 bits per heavy atom. The van der Waals surface area contributed by atoms with E-state index in [1.165, 1.54) is 60.8 Å². The van der Waals surface area contributed by atoms with E-state index in [1.54, 1.807) is 36.4 Å². The Morgan fingerprint density at radius 1 is 0.775 bits per heavy atom. The minimum Gasteiger partial charge on any atom is -0.422 e. The van der Waals surface area contributed by atoms with Gasteiger partial charge in [-0.25, -0.2) is 10.2 Å². The van der Waals surface area contributed by atoms with Crippen LogP contribution in [0.1, 0.15) is 36.6 Å². The topological polar surface area (TPSA) is 140 Å². The fourth-order valence-corrected chi connectivity index (χ4v) is 3.63. The smallest absolute Gasteiger partial charge is 0.343 e. The maximum atomic E-state index is 12.5. The number of halogens is 2. The van der Waals surface area contributed by atoms with Crippen molar-refractivity contribution in [2.45, 2.75) is 0 Å². The molecule has 0 bridgehead atoms. The van der Waals surface area contributed by atoms with E-state index >= 15 is 0 Å². The first kappa shape index (κ1) is 28.0. The third kappa shape index (κ3) is 7.28. The van der Waals surface area contributed by atoms with Crippen LogP contribution in [0.15, 0.2) is 96.1 Å². The largest absolute Gasteiger partial charge is 0.422 e. The van der Waals surface area contributed by atoms with E-state index in [4.69, 9.17) is 27.9 Å². The van der Waals surface area contributed by atoms with Gasteiger partial charge in [-0.3, -0.25) is 19.7 Å². The fourth-order valence-electron chi connectivity index (χ4n) is 3.33. The summed E-state index contributed by atoms with van der Waals surface area (Å²) in [4.78, 5) is 47.6. The van der Waals surface area contributed by atoms with Crippen molar-refractivity contribution in [1.29, 1.82) is 0 Å². The summed E-state index contributed by atoms with van der Waals surface area (Å²) >= 11 is 11.9. The van der Waals surface area contributed by atoms with Crippen LogP contribution in [0.5, 0.6) is 5.75 Å². The van der Waals surface area contributed by atoms with Crippen LogP contribution in [0.25, 0.3) is 0 Å². The summed E-state index contributed by atoms with van der Waals surface area (Å²) in [5.41, 5.74) is 3.79. The van der Waals surface area contributed by atoms with Gasteiger partial charge in [0.05, 0.1) is 16.7 Å². The number of ether oxygens (including phenoxy) is 1. The second kappa shape index (κ2) is 12.7. The molecular formula is C28H18Cl2N4O6. The fraction of sp³-hybridized carbons (Fsp3) is 0. The number of carbonyl (C=O) groups is 3. The third-order valence-corrected chi connectivity index (χ3v) is 5.86. The predicted octanol–water partition coefficient (Wildman–Crippen LogP) is 6.14. The first-order valence-electron chi connectivity index (χ1n) is 11.5. The van der Waals surface area contributed by atoms with Crippen molar-refractivity contribution < 1.29 is 24.0 Å².